The largest absolute Gasteiger partial charge is 0.404 e. The van der Waals surface area contributed by atoms with Crippen LogP contribution in [-0.2, 0) is 10.8 Å². The summed E-state index contributed by atoms with van der Waals surface area (Å²) in [7, 11) is -2.90. The Morgan fingerprint density at radius 1 is 1.00 bits per heavy atom. The molecule has 0 heterocycles. The van der Waals surface area contributed by atoms with Crippen molar-refractivity contribution in [1.29, 1.82) is 0 Å². The molecule has 19 heavy (non-hydrogen) atoms. The maximum Gasteiger partial charge on any atom is 0.185 e. The lowest BCUT2D eigenvalue weighted by Gasteiger charge is -2.23. The highest BCUT2D eigenvalue weighted by Crippen LogP contribution is 2.12. The number of rotatable bonds is 4. The summed E-state index contributed by atoms with van der Waals surface area (Å²) in [6.07, 6.45) is 0.934. The second-order valence-corrected chi connectivity index (χ2v) is 16.1. The Bertz CT molecular complexity index is 444. The molecular weight excluding hydrogens is 264 g/mol. The minimum atomic E-state index is -1.56. The van der Waals surface area contributed by atoms with Crippen molar-refractivity contribution >= 4 is 16.4 Å². The van der Waals surface area contributed by atoms with Gasteiger partial charge in [0, 0.05) is 6.42 Å². The second kappa shape index (κ2) is 6.56. The Morgan fingerprint density at radius 2 is 1.58 bits per heavy atom. The first-order chi connectivity index (χ1) is 8.66. The fraction of sp³-hybridized carbons (Fsp3) is 0.500. The van der Waals surface area contributed by atoms with E-state index >= 15 is 0 Å². The molecule has 0 radical (unpaired) electrons. The fourth-order valence-electron chi connectivity index (χ4n) is 1.67. The molecule has 1 nitrogen and oxygen atoms in total. The van der Waals surface area contributed by atoms with Gasteiger partial charge in [-0.15, -0.1) is 5.54 Å². The number of hydrogen-bond donors (Lipinski definition) is 0. The van der Waals surface area contributed by atoms with Crippen LogP contribution in [0.15, 0.2) is 30.3 Å². The first-order valence-corrected chi connectivity index (χ1v) is 13.8. The van der Waals surface area contributed by atoms with E-state index in [9.17, 15) is 0 Å². The molecule has 0 amide bonds. The van der Waals surface area contributed by atoms with Crippen molar-refractivity contribution in [1.82, 2.24) is 0 Å². The van der Waals surface area contributed by atoms with Crippen LogP contribution >= 0.6 is 0 Å². The van der Waals surface area contributed by atoms with E-state index in [4.69, 9.17) is 4.43 Å². The van der Waals surface area contributed by atoms with Crippen molar-refractivity contribution in [2.24, 2.45) is 0 Å². The molecular formula is C16H26OSi2. The van der Waals surface area contributed by atoms with Gasteiger partial charge >= 0.3 is 0 Å². The number of hydrogen-bond acceptors (Lipinski definition) is 1. The van der Waals surface area contributed by atoms with Crippen LogP contribution in [0, 0.1) is 11.5 Å². The Labute approximate surface area is 120 Å². The monoisotopic (exact) mass is 290 g/mol. The zero-order valence-corrected chi connectivity index (χ0v) is 15.1. The summed E-state index contributed by atoms with van der Waals surface area (Å²) in [5, 5.41) is 0. The van der Waals surface area contributed by atoms with Gasteiger partial charge in [-0.05, 0) is 25.2 Å². The summed E-state index contributed by atoms with van der Waals surface area (Å²) in [6.45, 7) is 13.5. The molecule has 0 bridgehead atoms. The van der Waals surface area contributed by atoms with Crippen LogP contribution in [-0.4, -0.2) is 22.5 Å². The standard InChI is InChI=1S/C16H26OSi2/c1-18(2,3)13-12-16(17-19(4,5)6)14-15-10-8-7-9-11-15/h7-11,16H,14H2,1-6H3. The maximum absolute atomic E-state index is 6.22. The quantitative estimate of drug-likeness (QED) is 0.592. The lowest BCUT2D eigenvalue weighted by atomic mass is 10.1. The van der Waals surface area contributed by atoms with Crippen LogP contribution in [0.4, 0.5) is 0 Å². The number of benzene rings is 1. The molecule has 104 valence electrons. The maximum atomic E-state index is 6.22. The minimum Gasteiger partial charge on any atom is -0.404 e. The molecule has 0 spiro atoms. The van der Waals surface area contributed by atoms with Gasteiger partial charge in [-0.1, -0.05) is 55.9 Å². The topological polar surface area (TPSA) is 9.23 Å². The molecule has 3 heteroatoms. The lowest BCUT2D eigenvalue weighted by molar-refractivity contribution is 0.252. The van der Waals surface area contributed by atoms with Gasteiger partial charge in [0.2, 0.25) is 0 Å². The van der Waals surface area contributed by atoms with E-state index in [0.29, 0.717) is 0 Å². The van der Waals surface area contributed by atoms with E-state index in [1.54, 1.807) is 0 Å². The minimum absolute atomic E-state index is 0.0424. The zero-order valence-electron chi connectivity index (χ0n) is 13.1. The van der Waals surface area contributed by atoms with Gasteiger partial charge in [-0.2, -0.15) is 0 Å². The van der Waals surface area contributed by atoms with Crippen molar-refractivity contribution in [2.75, 3.05) is 0 Å². The van der Waals surface area contributed by atoms with Crippen molar-refractivity contribution in [2.45, 2.75) is 51.8 Å². The summed E-state index contributed by atoms with van der Waals surface area (Å²) in [4.78, 5) is 0. The third-order valence-corrected chi connectivity index (χ3v) is 4.25. The molecule has 1 rings (SSSR count). The molecule has 1 aromatic carbocycles. The highest BCUT2D eigenvalue weighted by molar-refractivity contribution is 6.83. The van der Waals surface area contributed by atoms with Gasteiger partial charge in [0.25, 0.3) is 0 Å². The van der Waals surface area contributed by atoms with Crippen LogP contribution in [0.2, 0.25) is 39.3 Å². The van der Waals surface area contributed by atoms with E-state index in [2.05, 4.69) is 75.0 Å². The molecule has 0 saturated heterocycles. The van der Waals surface area contributed by atoms with Crippen molar-refractivity contribution < 1.29 is 4.43 Å². The molecule has 0 aromatic heterocycles. The van der Waals surface area contributed by atoms with E-state index in [1.807, 2.05) is 6.07 Å². The Kier molecular flexibility index (Phi) is 5.60. The first-order valence-electron chi connectivity index (χ1n) is 6.90. The van der Waals surface area contributed by atoms with E-state index in [-0.39, 0.29) is 6.10 Å². The third-order valence-electron chi connectivity index (χ3n) is 2.37. The second-order valence-electron chi connectivity index (χ2n) is 6.93. The van der Waals surface area contributed by atoms with Crippen molar-refractivity contribution in [3.05, 3.63) is 35.9 Å². The summed E-state index contributed by atoms with van der Waals surface area (Å²) < 4.78 is 6.22. The predicted molar refractivity (Wildman–Crippen MR) is 89.5 cm³/mol. The molecule has 1 unspecified atom stereocenters. The third kappa shape index (κ3) is 8.04. The summed E-state index contributed by atoms with van der Waals surface area (Å²) in [6, 6.07) is 10.5. The van der Waals surface area contributed by atoms with Gasteiger partial charge in [-0.3, -0.25) is 0 Å². The summed E-state index contributed by atoms with van der Waals surface area (Å²) >= 11 is 0. The van der Waals surface area contributed by atoms with Crippen LogP contribution in [0.3, 0.4) is 0 Å². The van der Waals surface area contributed by atoms with E-state index in [0.717, 1.165) is 6.42 Å². The first kappa shape index (κ1) is 16.2. The van der Waals surface area contributed by atoms with Crippen LogP contribution in [0.1, 0.15) is 5.56 Å². The fourth-order valence-corrected chi connectivity index (χ4v) is 3.26. The highest BCUT2D eigenvalue weighted by atomic mass is 28.4. The molecule has 0 aliphatic heterocycles. The SMILES string of the molecule is C[Si](C)(C)C#CC(Cc1ccccc1)O[Si](C)(C)C. The molecule has 0 aliphatic carbocycles. The average molecular weight is 291 g/mol. The Morgan fingerprint density at radius 3 is 2.05 bits per heavy atom. The zero-order chi connectivity index (χ0) is 14.5. The van der Waals surface area contributed by atoms with Gasteiger partial charge < -0.3 is 4.43 Å². The van der Waals surface area contributed by atoms with Crippen molar-refractivity contribution in [3.63, 3.8) is 0 Å². The van der Waals surface area contributed by atoms with Crippen molar-refractivity contribution in [3.8, 4) is 11.5 Å². The molecule has 1 atom stereocenters. The van der Waals surface area contributed by atoms with E-state index < -0.39 is 16.4 Å². The summed E-state index contributed by atoms with van der Waals surface area (Å²) in [5.41, 5.74) is 4.75. The summed E-state index contributed by atoms with van der Waals surface area (Å²) in [5.74, 6) is 3.39. The molecule has 0 saturated carbocycles. The molecule has 0 aliphatic rings. The van der Waals surface area contributed by atoms with Gasteiger partial charge in [0.15, 0.2) is 8.32 Å². The van der Waals surface area contributed by atoms with Gasteiger partial charge in [0.05, 0.1) is 0 Å². The Hall–Kier alpha value is -0.826. The predicted octanol–water partition coefficient (Wildman–Crippen LogP) is 4.33. The molecule has 0 N–H and O–H groups in total. The highest BCUT2D eigenvalue weighted by Gasteiger charge is 2.20. The van der Waals surface area contributed by atoms with E-state index in [1.165, 1.54) is 5.56 Å². The lowest BCUT2D eigenvalue weighted by Crippen LogP contribution is -2.33. The van der Waals surface area contributed by atoms with Gasteiger partial charge in [0.1, 0.15) is 14.2 Å². The average Bonchev–Trinajstić information content (AvgIpc) is 2.24. The Balaban J connectivity index is 2.83. The smallest absolute Gasteiger partial charge is 0.185 e. The van der Waals surface area contributed by atoms with Crippen LogP contribution < -0.4 is 0 Å². The van der Waals surface area contributed by atoms with Gasteiger partial charge in [-0.25, -0.2) is 0 Å². The normalized spacial score (nSPS) is 13.6. The molecule has 1 aromatic rings. The van der Waals surface area contributed by atoms with Crippen LogP contribution in [0.25, 0.3) is 0 Å². The van der Waals surface area contributed by atoms with Crippen LogP contribution in [0.5, 0.6) is 0 Å². The molecule has 0 fully saturated rings.